The lowest BCUT2D eigenvalue weighted by molar-refractivity contribution is 1.12. The highest BCUT2D eigenvalue weighted by Gasteiger charge is 1.91. The molecule has 0 aromatic carbocycles. The van der Waals surface area contributed by atoms with E-state index >= 15 is 0 Å². The molecule has 5 heteroatoms. The predicted octanol–water partition coefficient (Wildman–Crippen LogP) is 1.12. The van der Waals surface area contributed by atoms with Crippen molar-refractivity contribution in [3.05, 3.63) is 18.0 Å². The zero-order valence-electron chi connectivity index (χ0n) is 7.73. The van der Waals surface area contributed by atoms with Crippen molar-refractivity contribution in [2.75, 3.05) is 0 Å². The van der Waals surface area contributed by atoms with Crippen LogP contribution in [0.1, 0.15) is 19.5 Å². The van der Waals surface area contributed by atoms with E-state index < -0.39 is 0 Å². The zero-order valence-corrected chi connectivity index (χ0v) is 7.73. The topological polar surface area (TPSA) is 88.0 Å². The van der Waals surface area contributed by atoms with Crippen LogP contribution in [0.15, 0.2) is 17.3 Å². The van der Waals surface area contributed by atoms with Crippen molar-refractivity contribution in [3.8, 4) is 0 Å². The third kappa shape index (κ3) is 3.95. The van der Waals surface area contributed by atoms with Crippen LogP contribution in [0.4, 0.5) is 5.95 Å². The maximum absolute atomic E-state index is 6.87. The lowest BCUT2D eigenvalue weighted by atomic mass is 10.4. The molecule has 0 aliphatic heterocycles. The van der Waals surface area contributed by atoms with Gasteiger partial charge in [-0.05, 0) is 6.07 Å². The second-order valence-electron chi connectivity index (χ2n) is 1.70. The van der Waals surface area contributed by atoms with E-state index in [1.807, 2.05) is 13.8 Å². The molecule has 5 nitrogen and oxygen atoms in total. The van der Waals surface area contributed by atoms with Gasteiger partial charge < -0.3 is 11.1 Å². The first-order chi connectivity index (χ1) is 6.36. The maximum Gasteiger partial charge on any atom is 0.251 e. The van der Waals surface area contributed by atoms with Crippen LogP contribution in [0, 0.1) is 5.41 Å². The van der Waals surface area contributed by atoms with E-state index in [4.69, 9.17) is 11.1 Å². The number of nitrogens with one attached hydrogen (secondary N) is 1. The fourth-order valence-electron chi connectivity index (χ4n) is 0.571. The Bertz CT molecular complexity index is 282. The molecule has 0 fully saturated rings. The average molecular weight is 179 g/mol. The molecule has 1 aromatic heterocycles. The molecule has 0 bridgehead atoms. The molecule has 0 spiro atoms. The van der Waals surface area contributed by atoms with Crippen LogP contribution >= 0.6 is 0 Å². The molecular weight excluding hydrogens is 166 g/mol. The number of aliphatic imine (C=N–C) groups is 1. The van der Waals surface area contributed by atoms with Crippen LogP contribution in [0.3, 0.4) is 0 Å². The monoisotopic (exact) mass is 179 g/mol. The molecule has 0 atom stereocenters. The van der Waals surface area contributed by atoms with Gasteiger partial charge in [0.2, 0.25) is 0 Å². The summed E-state index contributed by atoms with van der Waals surface area (Å²) in [6.45, 7) is 4.00. The average Bonchev–Trinajstić information content (AvgIpc) is 2.22. The Hall–Kier alpha value is -1.78. The lowest BCUT2D eigenvalue weighted by Crippen LogP contribution is -1.91. The molecule has 70 valence electrons. The standard InChI is InChI=1S/C6H7N5.C2H6/c7-3-5-1-2-9-6(11-5)10-4-8;1-2/h1-4,7H,(H2,8,9,10,11);1-2H3. The van der Waals surface area contributed by atoms with Gasteiger partial charge in [0.05, 0.1) is 12.0 Å². The number of hydrogen-bond acceptors (Lipinski definition) is 4. The third-order valence-electron chi connectivity index (χ3n) is 1.00. The van der Waals surface area contributed by atoms with Gasteiger partial charge in [-0.25, -0.2) is 15.0 Å². The molecule has 0 aliphatic carbocycles. The van der Waals surface area contributed by atoms with Crippen molar-refractivity contribution in [2.24, 2.45) is 10.7 Å². The summed E-state index contributed by atoms with van der Waals surface area (Å²) in [5.74, 6) is 0.272. The van der Waals surface area contributed by atoms with Gasteiger partial charge in [-0.1, -0.05) is 13.8 Å². The normalized spacial score (nSPS) is 9.08. The minimum absolute atomic E-state index is 0.272. The molecule has 3 N–H and O–H groups in total. The summed E-state index contributed by atoms with van der Waals surface area (Å²) in [5.41, 5.74) is 5.54. The Morgan fingerprint density at radius 1 is 1.54 bits per heavy atom. The van der Waals surface area contributed by atoms with Crippen molar-refractivity contribution in [3.63, 3.8) is 0 Å². The highest BCUT2D eigenvalue weighted by Crippen LogP contribution is 2.00. The number of aromatic nitrogens is 2. The fourth-order valence-corrected chi connectivity index (χ4v) is 0.571. The summed E-state index contributed by atoms with van der Waals surface area (Å²) in [6.07, 6.45) is 3.76. The van der Waals surface area contributed by atoms with Crippen LogP contribution < -0.4 is 5.73 Å². The lowest BCUT2D eigenvalue weighted by Gasteiger charge is -1.91. The summed E-state index contributed by atoms with van der Waals surface area (Å²) < 4.78 is 0. The molecule has 1 heterocycles. The van der Waals surface area contributed by atoms with Crippen LogP contribution in [-0.4, -0.2) is 22.5 Å². The molecule has 0 radical (unpaired) electrons. The van der Waals surface area contributed by atoms with Crippen LogP contribution in [0.25, 0.3) is 0 Å². The van der Waals surface area contributed by atoms with Gasteiger partial charge >= 0.3 is 0 Å². The van der Waals surface area contributed by atoms with Crippen LogP contribution in [-0.2, 0) is 0 Å². The Morgan fingerprint density at radius 2 is 2.23 bits per heavy atom. The Balaban J connectivity index is 0.000000671. The number of nitrogens with two attached hydrogens (primary N) is 1. The molecule has 0 saturated carbocycles. The summed E-state index contributed by atoms with van der Waals surface area (Å²) in [5, 5.41) is 6.87. The largest absolute Gasteiger partial charge is 0.390 e. The predicted molar refractivity (Wildman–Crippen MR) is 53.6 cm³/mol. The van der Waals surface area contributed by atoms with Gasteiger partial charge in [0, 0.05) is 12.4 Å². The van der Waals surface area contributed by atoms with Gasteiger partial charge in [-0.15, -0.1) is 0 Å². The van der Waals surface area contributed by atoms with Crippen LogP contribution in [0.2, 0.25) is 0 Å². The number of rotatable bonds is 2. The van der Waals surface area contributed by atoms with Crippen molar-refractivity contribution in [2.45, 2.75) is 13.8 Å². The van der Waals surface area contributed by atoms with E-state index in [0.29, 0.717) is 5.69 Å². The van der Waals surface area contributed by atoms with E-state index in [0.717, 1.165) is 12.6 Å². The molecule has 0 aliphatic rings. The summed E-state index contributed by atoms with van der Waals surface area (Å²) in [6, 6.07) is 1.61. The summed E-state index contributed by atoms with van der Waals surface area (Å²) >= 11 is 0. The molecular formula is C8H13N5. The van der Waals surface area contributed by atoms with Gasteiger partial charge in [0.25, 0.3) is 5.95 Å². The smallest absolute Gasteiger partial charge is 0.251 e. The molecule has 1 aromatic rings. The van der Waals surface area contributed by atoms with Gasteiger partial charge in [-0.2, -0.15) is 0 Å². The van der Waals surface area contributed by atoms with Gasteiger partial charge in [0.1, 0.15) is 0 Å². The molecule has 0 amide bonds. The van der Waals surface area contributed by atoms with Crippen molar-refractivity contribution in [1.82, 2.24) is 9.97 Å². The molecule has 1 rings (SSSR count). The first-order valence-electron chi connectivity index (χ1n) is 3.94. The highest BCUT2D eigenvalue weighted by molar-refractivity contribution is 5.74. The first kappa shape index (κ1) is 11.2. The maximum atomic E-state index is 6.87. The molecule has 0 saturated heterocycles. The van der Waals surface area contributed by atoms with Crippen molar-refractivity contribution >= 4 is 18.5 Å². The number of nitrogens with zero attached hydrogens (tertiary/aromatic N) is 3. The molecule has 0 unspecified atom stereocenters. The Labute approximate surface area is 77.3 Å². The third-order valence-corrected chi connectivity index (χ3v) is 1.00. The van der Waals surface area contributed by atoms with Crippen LogP contribution in [0.5, 0.6) is 0 Å². The zero-order chi connectivity index (χ0) is 10.1. The Kier molecular flexibility index (Phi) is 5.96. The van der Waals surface area contributed by atoms with E-state index in [1.165, 1.54) is 6.20 Å². The van der Waals surface area contributed by atoms with E-state index in [-0.39, 0.29) is 5.95 Å². The van der Waals surface area contributed by atoms with Crippen molar-refractivity contribution in [1.29, 1.82) is 5.41 Å². The SMILES string of the molecule is CC.N=Cc1ccnc(N=CN)n1. The second-order valence-corrected chi connectivity index (χ2v) is 1.70. The Morgan fingerprint density at radius 3 is 2.77 bits per heavy atom. The van der Waals surface area contributed by atoms with Gasteiger partial charge in [0.15, 0.2) is 0 Å². The quantitative estimate of drug-likeness (QED) is 0.526. The molecule has 13 heavy (non-hydrogen) atoms. The summed E-state index contributed by atoms with van der Waals surface area (Å²) in [7, 11) is 0. The minimum atomic E-state index is 0.272. The second kappa shape index (κ2) is 6.90. The van der Waals surface area contributed by atoms with E-state index in [1.54, 1.807) is 6.07 Å². The fraction of sp³-hybridized carbons (Fsp3) is 0.250. The first-order valence-corrected chi connectivity index (χ1v) is 3.94. The van der Waals surface area contributed by atoms with E-state index in [2.05, 4.69) is 15.0 Å². The minimum Gasteiger partial charge on any atom is -0.390 e. The van der Waals surface area contributed by atoms with E-state index in [9.17, 15) is 0 Å². The highest BCUT2D eigenvalue weighted by atomic mass is 15.0. The summed E-state index contributed by atoms with van der Waals surface area (Å²) in [4.78, 5) is 11.3. The number of hydrogen-bond donors (Lipinski definition) is 2. The van der Waals surface area contributed by atoms with Gasteiger partial charge in [-0.3, -0.25) is 0 Å². The van der Waals surface area contributed by atoms with Crippen molar-refractivity contribution < 1.29 is 0 Å².